The first-order chi connectivity index (χ1) is 7.16. The van der Waals surface area contributed by atoms with Crippen molar-refractivity contribution in [1.29, 1.82) is 0 Å². The molecule has 15 heavy (non-hydrogen) atoms. The van der Waals surface area contributed by atoms with E-state index in [1.165, 1.54) is 12.8 Å². The fourth-order valence-corrected chi connectivity index (χ4v) is 2.15. The van der Waals surface area contributed by atoms with Crippen molar-refractivity contribution in [2.75, 3.05) is 0 Å². The van der Waals surface area contributed by atoms with E-state index in [0.717, 1.165) is 5.56 Å². The summed E-state index contributed by atoms with van der Waals surface area (Å²) in [6, 6.07) is 5.33. The third-order valence-corrected chi connectivity index (χ3v) is 3.36. The van der Waals surface area contributed by atoms with Crippen LogP contribution in [0, 0.1) is 5.92 Å². The fourth-order valence-electron chi connectivity index (χ4n) is 1.61. The molecule has 1 aromatic carbocycles. The number of carbonyl (C=O) groups is 1. The van der Waals surface area contributed by atoms with Gasteiger partial charge in [-0.2, -0.15) is 0 Å². The van der Waals surface area contributed by atoms with Crippen molar-refractivity contribution in [3.63, 3.8) is 0 Å². The van der Waals surface area contributed by atoms with E-state index in [1.54, 1.807) is 18.2 Å². The molecule has 0 atom stereocenters. The van der Waals surface area contributed by atoms with Gasteiger partial charge in [0.2, 0.25) is 0 Å². The van der Waals surface area contributed by atoms with Gasteiger partial charge in [-0.1, -0.05) is 29.3 Å². The summed E-state index contributed by atoms with van der Waals surface area (Å²) in [7, 11) is 0. The van der Waals surface area contributed by atoms with Gasteiger partial charge in [-0.25, -0.2) is 0 Å². The van der Waals surface area contributed by atoms with Gasteiger partial charge in [-0.05, 0) is 36.5 Å². The molecule has 0 amide bonds. The number of halogens is 2. The Hall–Kier alpha value is -0.530. The molecule has 1 nitrogen and oxygen atoms in total. The first-order valence-corrected chi connectivity index (χ1v) is 5.87. The molecular formula is C12H12Cl2O. The average molecular weight is 243 g/mol. The van der Waals surface area contributed by atoms with Gasteiger partial charge in [0, 0.05) is 22.9 Å². The van der Waals surface area contributed by atoms with Gasteiger partial charge < -0.3 is 0 Å². The number of benzene rings is 1. The summed E-state index contributed by atoms with van der Waals surface area (Å²) in [5.74, 6) is 0.867. The second-order valence-electron chi connectivity index (χ2n) is 4.06. The summed E-state index contributed by atoms with van der Waals surface area (Å²) in [5.41, 5.74) is 0.770. The first kappa shape index (κ1) is 11.0. The lowest BCUT2D eigenvalue weighted by Crippen LogP contribution is -2.04. The molecule has 0 heterocycles. The number of rotatable bonds is 4. The smallest absolute Gasteiger partial charge is 0.137 e. The molecule has 0 radical (unpaired) electrons. The highest BCUT2D eigenvalue weighted by Crippen LogP contribution is 2.33. The van der Waals surface area contributed by atoms with E-state index in [-0.39, 0.29) is 5.78 Å². The second-order valence-corrected chi connectivity index (χ2v) is 4.88. The van der Waals surface area contributed by atoms with Crippen molar-refractivity contribution in [2.24, 2.45) is 5.92 Å². The number of hydrogen-bond donors (Lipinski definition) is 0. The van der Waals surface area contributed by atoms with Crippen LogP contribution in [0.25, 0.3) is 0 Å². The van der Waals surface area contributed by atoms with Crippen LogP contribution in [0.1, 0.15) is 24.8 Å². The molecule has 3 heteroatoms. The zero-order chi connectivity index (χ0) is 10.8. The lowest BCUT2D eigenvalue weighted by molar-refractivity contribution is -0.118. The maximum absolute atomic E-state index is 11.7. The number of hydrogen-bond acceptors (Lipinski definition) is 1. The van der Waals surface area contributed by atoms with Crippen LogP contribution >= 0.6 is 23.2 Å². The Morgan fingerprint density at radius 2 is 1.87 bits per heavy atom. The minimum absolute atomic E-state index is 0.243. The molecule has 0 spiro atoms. The highest BCUT2D eigenvalue weighted by molar-refractivity contribution is 6.36. The Morgan fingerprint density at radius 1 is 1.27 bits per heavy atom. The van der Waals surface area contributed by atoms with Crippen molar-refractivity contribution in [1.82, 2.24) is 0 Å². The molecule has 1 aromatic rings. The van der Waals surface area contributed by atoms with Crippen LogP contribution < -0.4 is 0 Å². The predicted molar refractivity (Wildman–Crippen MR) is 62.5 cm³/mol. The fraction of sp³-hybridized carbons (Fsp3) is 0.417. The predicted octanol–water partition coefficient (Wildman–Crippen LogP) is 3.91. The summed E-state index contributed by atoms with van der Waals surface area (Å²) in [4.78, 5) is 11.7. The molecular weight excluding hydrogens is 231 g/mol. The van der Waals surface area contributed by atoms with Crippen LogP contribution in [-0.2, 0) is 11.2 Å². The molecule has 2 rings (SSSR count). The molecule has 0 bridgehead atoms. The molecule has 0 N–H and O–H groups in total. The molecule has 1 saturated carbocycles. The maximum atomic E-state index is 11.7. The van der Waals surface area contributed by atoms with E-state index < -0.39 is 0 Å². The number of Topliss-reactive ketones (excluding diaryl/α,β-unsaturated/α-hetero) is 1. The van der Waals surface area contributed by atoms with Gasteiger partial charge in [0.1, 0.15) is 5.78 Å². The van der Waals surface area contributed by atoms with Crippen molar-refractivity contribution in [3.8, 4) is 0 Å². The van der Waals surface area contributed by atoms with Crippen molar-refractivity contribution in [3.05, 3.63) is 33.8 Å². The zero-order valence-corrected chi connectivity index (χ0v) is 9.81. The third kappa shape index (κ3) is 2.96. The topological polar surface area (TPSA) is 17.1 Å². The lowest BCUT2D eigenvalue weighted by atomic mass is 10.1. The van der Waals surface area contributed by atoms with E-state index in [0.29, 0.717) is 28.8 Å². The minimum Gasteiger partial charge on any atom is -0.299 e. The van der Waals surface area contributed by atoms with Crippen molar-refractivity contribution in [2.45, 2.75) is 25.7 Å². The summed E-state index contributed by atoms with van der Waals surface area (Å²) in [6.07, 6.45) is 3.44. The van der Waals surface area contributed by atoms with Crippen LogP contribution in [0.5, 0.6) is 0 Å². The van der Waals surface area contributed by atoms with Crippen LogP contribution in [0.3, 0.4) is 0 Å². The number of ketones is 1. The highest BCUT2D eigenvalue weighted by Gasteiger charge is 2.24. The molecule has 1 aliphatic rings. The first-order valence-electron chi connectivity index (χ1n) is 5.11. The van der Waals surface area contributed by atoms with Crippen molar-refractivity contribution < 1.29 is 4.79 Å². The number of carbonyl (C=O) groups excluding carboxylic acids is 1. The Labute approximate surface area is 99.4 Å². The summed E-state index contributed by atoms with van der Waals surface area (Å²) in [6.45, 7) is 0. The van der Waals surface area contributed by atoms with Crippen molar-refractivity contribution >= 4 is 29.0 Å². The molecule has 80 valence electrons. The lowest BCUT2D eigenvalue weighted by Gasteiger charge is -2.05. The monoisotopic (exact) mass is 242 g/mol. The van der Waals surface area contributed by atoms with Gasteiger partial charge in [-0.15, -0.1) is 0 Å². The quantitative estimate of drug-likeness (QED) is 0.783. The normalized spacial score (nSPS) is 15.3. The molecule has 0 aromatic heterocycles. The highest BCUT2D eigenvalue weighted by atomic mass is 35.5. The van der Waals surface area contributed by atoms with Crippen LogP contribution in [-0.4, -0.2) is 5.78 Å². The third-order valence-electron chi connectivity index (χ3n) is 2.65. The van der Waals surface area contributed by atoms with E-state index in [4.69, 9.17) is 23.2 Å². The Balaban J connectivity index is 2.05. The van der Waals surface area contributed by atoms with Crippen LogP contribution in [0.15, 0.2) is 18.2 Å². The molecule has 0 unspecified atom stereocenters. The van der Waals surface area contributed by atoms with Gasteiger partial charge in [0.25, 0.3) is 0 Å². The second kappa shape index (κ2) is 4.54. The van der Waals surface area contributed by atoms with Gasteiger partial charge in [-0.3, -0.25) is 4.79 Å². The van der Waals surface area contributed by atoms with E-state index in [2.05, 4.69) is 0 Å². The zero-order valence-electron chi connectivity index (χ0n) is 8.30. The molecule has 0 aliphatic heterocycles. The van der Waals surface area contributed by atoms with Gasteiger partial charge in [0.15, 0.2) is 0 Å². The molecule has 1 aliphatic carbocycles. The Bertz CT molecular complexity index is 363. The summed E-state index contributed by atoms with van der Waals surface area (Å²) < 4.78 is 0. The van der Waals surface area contributed by atoms with Crippen LogP contribution in [0.2, 0.25) is 10.0 Å². The van der Waals surface area contributed by atoms with E-state index in [1.807, 2.05) is 0 Å². The summed E-state index contributed by atoms with van der Waals surface area (Å²) in [5, 5.41) is 1.18. The Morgan fingerprint density at radius 3 is 2.40 bits per heavy atom. The SMILES string of the molecule is O=C(Cc1c(Cl)cccc1Cl)CC1CC1. The molecule has 1 fully saturated rings. The summed E-state index contributed by atoms with van der Waals surface area (Å²) >= 11 is 12.0. The minimum atomic E-state index is 0.243. The average Bonchev–Trinajstić information content (AvgIpc) is 2.95. The standard InChI is InChI=1S/C12H12Cl2O/c13-11-2-1-3-12(14)10(11)7-9(15)6-8-4-5-8/h1-3,8H,4-7H2. The largest absolute Gasteiger partial charge is 0.299 e. The van der Waals surface area contributed by atoms with E-state index >= 15 is 0 Å². The maximum Gasteiger partial charge on any atom is 0.137 e. The van der Waals surface area contributed by atoms with E-state index in [9.17, 15) is 4.79 Å². The van der Waals surface area contributed by atoms with Crippen LogP contribution in [0.4, 0.5) is 0 Å². The molecule has 0 saturated heterocycles. The van der Waals surface area contributed by atoms with Gasteiger partial charge in [0.05, 0.1) is 0 Å². The van der Waals surface area contributed by atoms with Gasteiger partial charge >= 0.3 is 0 Å². The Kier molecular flexibility index (Phi) is 3.32.